The van der Waals surface area contributed by atoms with Crippen molar-refractivity contribution in [1.82, 2.24) is 0 Å². The minimum absolute atomic E-state index is 0.00307. The van der Waals surface area contributed by atoms with Crippen LogP contribution < -0.4 is 0 Å². The Morgan fingerprint density at radius 2 is 1.71 bits per heavy atom. The molecule has 5 rings (SSSR count). The standard InChI is InChI=1S/C28H38O7/c1-16(2)33-28(34-17(3)4)32-15-23(31)27(35-28)12-10-21-20-8-7-18-13-19(29)9-11-25(18,5)24(20)22(30)14-26(21,27)6/h9,11,13,16-17,20-21,24H,7-8,10,12,14-15H2,1-6H3/t20-,21-,24+,25-,26-,27-/m0/s1. The number of carbonyl (C=O) groups is 3. The van der Waals surface area contributed by atoms with Gasteiger partial charge in [-0.25, -0.2) is 0 Å². The number of ether oxygens (including phenoxy) is 4. The molecule has 4 fully saturated rings. The average molecular weight is 487 g/mol. The summed E-state index contributed by atoms with van der Waals surface area (Å²) < 4.78 is 24.4. The Morgan fingerprint density at radius 1 is 1.03 bits per heavy atom. The number of Topliss-reactive ketones (excluding diaryl/α,β-unsaturated/α-hetero) is 2. The first kappa shape index (κ1) is 25.0. The fourth-order valence-electron chi connectivity index (χ4n) is 7.93. The molecule has 7 nitrogen and oxygen atoms in total. The zero-order valence-electron chi connectivity index (χ0n) is 21.7. The largest absolute Gasteiger partial charge is 0.414 e. The summed E-state index contributed by atoms with van der Waals surface area (Å²) >= 11 is 0. The molecule has 1 aliphatic heterocycles. The second kappa shape index (κ2) is 8.17. The van der Waals surface area contributed by atoms with Crippen molar-refractivity contribution in [2.45, 2.75) is 97.6 Å². The summed E-state index contributed by atoms with van der Waals surface area (Å²) in [6.07, 6.45) is 6.13. The summed E-state index contributed by atoms with van der Waals surface area (Å²) in [5, 5.41) is 0. The molecule has 0 radical (unpaired) electrons. The predicted molar refractivity (Wildman–Crippen MR) is 127 cm³/mol. The van der Waals surface area contributed by atoms with Crippen molar-refractivity contribution < 1.29 is 33.3 Å². The van der Waals surface area contributed by atoms with E-state index in [1.807, 2.05) is 40.7 Å². The van der Waals surface area contributed by atoms with E-state index in [-0.39, 0.29) is 60.3 Å². The lowest BCUT2D eigenvalue weighted by molar-refractivity contribution is -0.541. The fourth-order valence-corrected chi connectivity index (χ4v) is 7.93. The van der Waals surface area contributed by atoms with E-state index in [0.29, 0.717) is 6.42 Å². The van der Waals surface area contributed by atoms with E-state index in [0.717, 1.165) is 24.8 Å². The molecule has 0 N–H and O–H groups in total. The van der Waals surface area contributed by atoms with Crippen LogP contribution in [0.1, 0.15) is 73.6 Å². The van der Waals surface area contributed by atoms with Crippen LogP contribution in [-0.2, 0) is 33.3 Å². The summed E-state index contributed by atoms with van der Waals surface area (Å²) in [4.78, 5) is 39.6. The van der Waals surface area contributed by atoms with Crippen LogP contribution in [0.2, 0.25) is 0 Å². The molecule has 4 aliphatic carbocycles. The molecule has 35 heavy (non-hydrogen) atoms. The van der Waals surface area contributed by atoms with Gasteiger partial charge in [-0.3, -0.25) is 23.9 Å². The highest BCUT2D eigenvalue weighted by Gasteiger charge is 2.72. The Kier molecular flexibility index (Phi) is 5.83. The normalized spacial score (nSPS) is 42.3. The van der Waals surface area contributed by atoms with Gasteiger partial charge in [0.1, 0.15) is 18.0 Å². The zero-order chi connectivity index (χ0) is 25.4. The minimum Gasteiger partial charge on any atom is -0.300 e. The van der Waals surface area contributed by atoms with Crippen LogP contribution in [-0.4, -0.2) is 47.9 Å². The van der Waals surface area contributed by atoms with E-state index in [1.165, 1.54) is 0 Å². The molecular formula is C28H38O7. The Balaban J connectivity index is 1.53. The monoisotopic (exact) mass is 486 g/mol. The van der Waals surface area contributed by atoms with Crippen LogP contribution >= 0.6 is 0 Å². The number of hydrogen-bond donors (Lipinski definition) is 0. The Hall–Kier alpha value is -1.67. The maximum Gasteiger partial charge on any atom is 0.414 e. The predicted octanol–water partition coefficient (Wildman–Crippen LogP) is 4.29. The Bertz CT molecular complexity index is 999. The maximum absolute atomic E-state index is 14.0. The number of ketones is 3. The highest BCUT2D eigenvalue weighted by Crippen LogP contribution is 2.68. The molecule has 1 saturated heterocycles. The van der Waals surface area contributed by atoms with Crippen LogP contribution in [0.5, 0.6) is 0 Å². The summed E-state index contributed by atoms with van der Waals surface area (Å²) in [6, 6.07) is 0. The topological polar surface area (TPSA) is 88.1 Å². The molecule has 1 heterocycles. The molecule has 0 unspecified atom stereocenters. The lowest BCUT2D eigenvalue weighted by Gasteiger charge is -2.58. The third-order valence-electron chi connectivity index (χ3n) is 9.27. The van der Waals surface area contributed by atoms with Gasteiger partial charge in [0.05, 0.1) is 12.2 Å². The second-order valence-electron chi connectivity index (χ2n) is 12.0. The van der Waals surface area contributed by atoms with Crippen LogP contribution in [0, 0.1) is 28.6 Å². The molecule has 6 atom stereocenters. The fraction of sp³-hybridized carbons (Fsp3) is 0.750. The molecule has 0 aromatic rings. The van der Waals surface area contributed by atoms with Crippen molar-refractivity contribution in [2.24, 2.45) is 28.6 Å². The van der Waals surface area contributed by atoms with Crippen molar-refractivity contribution in [2.75, 3.05) is 6.61 Å². The summed E-state index contributed by atoms with van der Waals surface area (Å²) in [5.41, 5.74) is -1.29. The molecular weight excluding hydrogens is 448 g/mol. The molecule has 0 amide bonds. The van der Waals surface area contributed by atoms with Crippen LogP contribution in [0.4, 0.5) is 0 Å². The van der Waals surface area contributed by atoms with Crippen LogP contribution in [0.25, 0.3) is 0 Å². The summed E-state index contributed by atoms with van der Waals surface area (Å²) in [7, 11) is 0. The third-order valence-corrected chi connectivity index (χ3v) is 9.27. The Morgan fingerprint density at radius 3 is 2.37 bits per heavy atom. The molecule has 0 bridgehead atoms. The van der Waals surface area contributed by atoms with Gasteiger partial charge in [-0.15, -0.1) is 0 Å². The number of fused-ring (bicyclic) bond motifs is 6. The maximum atomic E-state index is 14.0. The quantitative estimate of drug-likeness (QED) is 0.548. The summed E-state index contributed by atoms with van der Waals surface area (Å²) in [6.45, 7) is 11.4. The first-order chi connectivity index (χ1) is 16.4. The van der Waals surface area contributed by atoms with Gasteiger partial charge in [-0.1, -0.05) is 25.5 Å². The highest BCUT2D eigenvalue weighted by atomic mass is 17.0. The average Bonchev–Trinajstić information content (AvgIpc) is 3.02. The van der Waals surface area contributed by atoms with E-state index in [4.69, 9.17) is 18.9 Å². The van der Waals surface area contributed by atoms with Crippen molar-refractivity contribution in [3.63, 3.8) is 0 Å². The van der Waals surface area contributed by atoms with Gasteiger partial charge in [-0.2, -0.15) is 0 Å². The second-order valence-corrected chi connectivity index (χ2v) is 12.0. The van der Waals surface area contributed by atoms with Crippen molar-refractivity contribution in [3.8, 4) is 0 Å². The molecule has 7 heteroatoms. The number of allylic oxidation sites excluding steroid dienone is 4. The van der Waals surface area contributed by atoms with E-state index in [1.54, 1.807) is 12.2 Å². The van der Waals surface area contributed by atoms with Crippen LogP contribution in [0.15, 0.2) is 23.8 Å². The van der Waals surface area contributed by atoms with Crippen molar-refractivity contribution >= 4 is 17.3 Å². The van der Waals surface area contributed by atoms with Crippen LogP contribution in [0.3, 0.4) is 0 Å². The van der Waals surface area contributed by atoms with Gasteiger partial charge in [0, 0.05) is 23.2 Å². The molecule has 1 spiro atoms. The van der Waals surface area contributed by atoms with Gasteiger partial charge in [0.2, 0.25) is 0 Å². The van der Waals surface area contributed by atoms with Crippen molar-refractivity contribution in [3.05, 3.63) is 23.8 Å². The SMILES string of the molecule is CC(C)OC1(OC(C)C)OCC(=O)[C@]2(CC[C@H]3[C@@H]4CCC5=CC(=O)C=C[C@]5(C)[C@H]4C(=O)C[C@@]32C)O1. The lowest BCUT2D eigenvalue weighted by atomic mass is 9.46. The number of carbonyl (C=O) groups excluding carboxylic acids is 3. The Labute approximate surface area is 207 Å². The minimum atomic E-state index is -1.78. The summed E-state index contributed by atoms with van der Waals surface area (Å²) in [5.74, 6) is 0.0501. The molecule has 192 valence electrons. The third kappa shape index (κ3) is 3.57. The van der Waals surface area contributed by atoms with E-state index < -0.39 is 22.6 Å². The van der Waals surface area contributed by atoms with Gasteiger partial charge >= 0.3 is 6.16 Å². The van der Waals surface area contributed by atoms with Gasteiger partial charge in [0.15, 0.2) is 11.6 Å². The molecule has 3 saturated carbocycles. The van der Waals surface area contributed by atoms with Gasteiger partial charge in [0.25, 0.3) is 0 Å². The van der Waals surface area contributed by atoms with E-state index in [9.17, 15) is 14.4 Å². The smallest absolute Gasteiger partial charge is 0.300 e. The zero-order valence-corrected chi connectivity index (χ0v) is 21.7. The molecule has 0 aromatic carbocycles. The van der Waals surface area contributed by atoms with E-state index in [2.05, 4.69) is 6.92 Å². The van der Waals surface area contributed by atoms with Crippen molar-refractivity contribution in [1.29, 1.82) is 0 Å². The first-order valence-electron chi connectivity index (χ1n) is 13.1. The van der Waals surface area contributed by atoms with Gasteiger partial charge in [-0.05, 0) is 77.4 Å². The number of hydrogen-bond acceptors (Lipinski definition) is 7. The molecule has 5 aliphatic rings. The first-order valence-corrected chi connectivity index (χ1v) is 13.1. The van der Waals surface area contributed by atoms with Gasteiger partial charge < -0.3 is 9.47 Å². The molecule has 0 aromatic heterocycles. The lowest BCUT2D eigenvalue weighted by Crippen LogP contribution is -2.68. The highest BCUT2D eigenvalue weighted by molar-refractivity contribution is 6.02. The van der Waals surface area contributed by atoms with E-state index >= 15 is 0 Å². The number of rotatable bonds is 4.